The molecule has 68 valence electrons. The molecule has 0 spiro atoms. The van der Waals surface area contributed by atoms with Crippen LogP contribution >= 0.6 is 0 Å². The normalized spacial score (nSPS) is 10.5. The number of rotatable bonds is 3. The maximum atomic E-state index is 4.82. The maximum absolute atomic E-state index is 4.82. The molecule has 0 atom stereocenters. The predicted octanol–water partition coefficient (Wildman–Crippen LogP) is 0.266. The SMILES string of the molecule is COCc1nc(-c2ncon2)no1. The first-order chi connectivity index (χ1) is 6.40. The van der Waals surface area contributed by atoms with Gasteiger partial charge in [0.05, 0.1) is 0 Å². The average Bonchev–Trinajstić information content (AvgIpc) is 2.70. The zero-order chi connectivity index (χ0) is 9.10. The molecule has 2 aromatic rings. The van der Waals surface area contributed by atoms with E-state index in [1.165, 1.54) is 13.5 Å². The Kier molecular flexibility index (Phi) is 2.01. The Labute approximate surface area is 72.7 Å². The van der Waals surface area contributed by atoms with Gasteiger partial charge in [0, 0.05) is 7.11 Å². The van der Waals surface area contributed by atoms with Crippen molar-refractivity contribution in [2.75, 3.05) is 7.11 Å². The summed E-state index contributed by atoms with van der Waals surface area (Å²) in [6, 6.07) is 0. The van der Waals surface area contributed by atoms with E-state index in [1.807, 2.05) is 0 Å². The highest BCUT2D eigenvalue weighted by molar-refractivity contribution is 5.38. The van der Waals surface area contributed by atoms with Gasteiger partial charge in [0.15, 0.2) is 0 Å². The van der Waals surface area contributed by atoms with E-state index < -0.39 is 0 Å². The number of ether oxygens (including phenoxy) is 1. The predicted molar refractivity (Wildman–Crippen MR) is 38.3 cm³/mol. The summed E-state index contributed by atoms with van der Waals surface area (Å²) in [6.07, 6.45) is 1.20. The van der Waals surface area contributed by atoms with Crippen LogP contribution in [0.25, 0.3) is 11.6 Å². The van der Waals surface area contributed by atoms with Gasteiger partial charge in [-0.3, -0.25) is 0 Å². The zero-order valence-corrected chi connectivity index (χ0v) is 6.80. The van der Waals surface area contributed by atoms with Crippen LogP contribution in [0.5, 0.6) is 0 Å². The summed E-state index contributed by atoms with van der Waals surface area (Å²) >= 11 is 0. The number of aromatic nitrogens is 4. The molecule has 0 aromatic carbocycles. The molecule has 0 saturated carbocycles. The van der Waals surface area contributed by atoms with E-state index in [4.69, 9.17) is 9.26 Å². The van der Waals surface area contributed by atoms with Gasteiger partial charge in [-0.1, -0.05) is 10.3 Å². The van der Waals surface area contributed by atoms with Crippen molar-refractivity contribution in [3.8, 4) is 11.6 Å². The van der Waals surface area contributed by atoms with Crippen molar-refractivity contribution in [2.24, 2.45) is 0 Å². The van der Waals surface area contributed by atoms with E-state index in [2.05, 4.69) is 24.8 Å². The Hall–Kier alpha value is -1.76. The zero-order valence-electron chi connectivity index (χ0n) is 6.80. The third-order valence-electron chi connectivity index (χ3n) is 1.30. The summed E-state index contributed by atoms with van der Waals surface area (Å²) in [6.45, 7) is 0.269. The molecule has 0 aliphatic rings. The summed E-state index contributed by atoms with van der Waals surface area (Å²) < 4.78 is 14.1. The topological polar surface area (TPSA) is 87.1 Å². The fourth-order valence-electron chi connectivity index (χ4n) is 0.797. The van der Waals surface area contributed by atoms with Gasteiger partial charge in [-0.2, -0.15) is 9.97 Å². The van der Waals surface area contributed by atoms with Gasteiger partial charge in [-0.05, 0) is 0 Å². The molecule has 2 aromatic heterocycles. The molecule has 0 N–H and O–H groups in total. The number of nitrogens with zero attached hydrogens (tertiary/aromatic N) is 4. The molecule has 13 heavy (non-hydrogen) atoms. The highest BCUT2D eigenvalue weighted by atomic mass is 16.5. The average molecular weight is 182 g/mol. The van der Waals surface area contributed by atoms with Gasteiger partial charge in [0.1, 0.15) is 6.61 Å². The second-order valence-corrected chi connectivity index (χ2v) is 2.20. The second kappa shape index (κ2) is 3.31. The first kappa shape index (κ1) is 7.87. The molecule has 7 heteroatoms. The fourth-order valence-corrected chi connectivity index (χ4v) is 0.797. The van der Waals surface area contributed by atoms with E-state index in [1.54, 1.807) is 0 Å². The molecule has 7 nitrogen and oxygen atoms in total. The van der Waals surface area contributed by atoms with Crippen molar-refractivity contribution < 1.29 is 13.8 Å². The van der Waals surface area contributed by atoms with Crippen LogP contribution in [-0.4, -0.2) is 27.4 Å². The largest absolute Gasteiger partial charge is 0.375 e. The van der Waals surface area contributed by atoms with E-state index in [-0.39, 0.29) is 6.61 Å². The van der Waals surface area contributed by atoms with Gasteiger partial charge in [0.2, 0.25) is 18.0 Å². The van der Waals surface area contributed by atoms with Crippen molar-refractivity contribution in [2.45, 2.75) is 6.61 Å². The smallest absolute Gasteiger partial charge is 0.253 e. The molecular formula is C6H6N4O3. The van der Waals surface area contributed by atoms with Crippen LogP contribution in [0, 0.1) is 0 Å². The quantitative estimate of drug-likeness (QED) is 0.672. The third-order valence-corrected chi connectivity index (χ3v) is 1.30. The molecule has 0 fully saturated rings. The third kappa shape index (κ3) is 1.54. The van der Waals surface area contributed by atoms with E-state index in [9.17, 15) is 0 Å². The lowest BCUT2D eigenvalue weighted by Crippen LogP contribution is -1.87. The van der Waals surface area contributed by atoms with E-state index in [0.717, 1.165) is 0 Å². The monoisotopic (exact) mass is 182 g/mol. The fraction of sp³-hybridized carbons (Fsp3) is 0.333. The number of hydrogen-bond donors (Lipinski definition) is 0. The highest BCUT2D eigenvalue weighted by Crippen LogP contribution is 2.09. The minimum absolute atomic E-state index is 0.269. The van der Waals surface area contributed by atoms with Crippen molar-refractivity contribution in [1.29, 1.82) is 0 Å². The van der Waals surface area contributed by atoms with Gasteiger partial charge in [-0.15, -0.1) is 0 Å². The minimum Gasteiger partial charge on any atom is -0.375 e. The van der Waals surface area contributed by atoms with Crippen LogP contribution in [0.3, 0.4) is 0 Å². The molecular weight excluding hydrogens is 176 g/mol. The van der Waals surface area contributed by atoms with Crippen molar-refractivity contribution in [1.82, 2.24) is 20.3 Å². The van der Waals surface area contributed by atoms with Gasteiger partial charge in [-0.25, -0.2) is 0 Å². The molecule has 0 amide bonds. The molecule has 0 bridgehead atoms. The summed E-state index contributed by atoms with van der Waals surface area (Å²) in [5.74, 6) is 0.967. The van der Waals surface area contributed by atoms with Gasteiger partial charge < -0.3 is 13.8 Å². The van der Waals surface area contributed by atoms with Crippen LogP contribution in [0.2, 0.25) is 0 Å². The highest BCUT2D eigenvalue weighted by Gasteiger charge is 2.11. The lowest BCUT2D eigenvalue weighted by Gasteiger charge is -1.85. The second-order valence-electron chi connectivity index (χ2n) is 2.20. The molecule has 0 aliphatic carbocycles. The molecule has 2 heterocycles. The van der Waals surface area contributed by atoms with E-state index in [0.29, 0.717) is 17.5 Å². The van der Waals surface area contributed by atoms with Crippen molar-refractivity contribution in [3.05, 3.63) is 12.3 Å². The summed E-state index contributed by atoms with van der Waals surface area (Å²) in [5.41, 5.74) is 0. The van der Waals surface area contributed by atoms with Crippen LogP contribution in [-0.2, 0) is 11.3 Å². The summed E-state index contributed by atoms with van der Waals surface area (Å²) in [4.78, 5) is 7.71. The first-order valence-corrected chi connectivity index (χ1v) is 3.48. The molecule has 0 radical (unpaired) electrons. The van der Waals surface area contributed by atoms with Crippen LogP contribution in [0.4, 0.5) is 0 Å². The molecule has 0 saturated heterocycles. The van der Waals surface area contributed by atoms with Gasteiger partial charge in [0.25, 0.3) is 5.89 Å². The Morgan fingerprint density at radius 1 is 1.38 bits per heavy atom. The summed E-state index contributed by atoms with van der Waals surface area (Å²) in [7, 11) is 1.54. The Morgan fingerprint density at radius 2 is 2.31 bits per heavy atom. The molecule has 0 aliphatic heterocycles. The van der Waals surface area contributed by atoms with Crippen molar-refractivity contribution >= 4 is 0 Å². The Bertz CT molecular complexity index is 369. The maximum Gasteiger partial charge on any atom is 0.253 e. The minimum atomic E-state index is 0.269. The lowest BCUT2D eigenvalue weighted by atomic mass is 10.6. The van der Waals surface area contributed by atoms with E-state index >= 15 is 0 Å². The standard InChI is InChI=1S/C6H6N4O3/c1-11-2-4-8-6(10-13-4)5-7-3-12-9-5/h3H,2H2,1H3. The van der Waals surface area contributed by atoms with Crippen molar-refractivity contribution in [3.63, 3.8) is 0 Å². The lowest BCUT2D eigenvalue weighted by molar-refractivity contribution is 0.151. The molecule has 2 rings (SSSR count). The summed E-state index contributed by atoms with van der Waals surface area (Å²) in [5, 5.41) is 7.17. The van der Waals surface area contributed by atoms with Crippen LogP contribution in [0.1, 0.15) is 5.89 Å². The molecule has 0 unspecified atom stereocenters. The van der Waals surface area contributed by atoms with Crippen LogP contribution < -0.4 is 0 Å². The van der Waals surface area contributed by atoms with Crippen LogP contribution in [0.15, 0.2) is 15.4 Å². The Balaban J connectivity index is 2.23. The van der Waals surface area contributed by atoms with Gasteiger partial charge >= 0.3 is 0 Å². The Morgan fingerprint density at radius 3 is 3.00 bits per heavy atom. The number of methoxy groups -OCH3 is 1. The first-order valence-electron chi connectivity index (χ1n) is 3.48. The number of hydrogen-bond acceptors (Lipinski definition) is 7.